The Bertz CT molecular complexity index is 847. The van der Waals surface area contributed by atoms with Crippen LogP contribution in [0.2, 0.25) is 5.02 Å². The fourth-order valence-electron chi connectivity index (χ4n) is 1.60. The minimum absolute atomic E-state index is 0.0203. The van der Waals surface area contributed by atoms with Crippen LogP contribution in [0.5, 0.6) is 0 Å². The van der Waals surface area contributed by atoms with Gasteiger partial charge in [0, 0.05) is 10.2 Å². The summed E-state index contributed by atoms with van der Waals surface area (Å²) in [6, 6.07) is 10.6. The molecule has 0 radical (unpaired) electrons. The number of hydrogen-bond donors (Lipinski definition) is 2. The summed E-state index contributed by atoms with van der Waals surface area (Å²) in [4.78, 5) is -0.105. The highest BCUT2D eigenvalue weighted by atomic mass is 79.9. The molecule has 0 bridgehead atoms. The van der Waals surface area contributed by atoms with Crippen molar-refractivity contribution in [2.75, 3.05) is 10.5 Å². The number of nitrogens with zero attached hydrogens (tertiary/aromatic N) is 1. The number of nitrogen functional groups attached to an aromatic ring is 1. The van der Waals surface area contributed by atoms with Crippen molar-refractivity contribution in [2.45, 2.75) is 4.90 Å². The second-order valence-corrected chi connectivity index (χ2v) is 7.01. The molecule has 0 aliphatic carbocycles. The Morgan fingerprint density at radius 1 is 1.24 bits per heavy atom. The van der Waals surface area contributed by atoms with Crippen LogP contribution in [0.3, 0.4) is 0 Å². The highest BCUT2D eigenvalue weighted by Gasteiger charge is 2.19. The summed E-state index contributed by atoms with van der Waals surface area (Å²) in [6.07, 6.45) is 0. The fourth-order valence-corrected chi connectivity index (χ4v) is 3.85. The normalized spacial score (nSPS) is 10.9. The van der Waals surface area contributed by atoms with Crippen molar-refractivity contribution in [2.24, 2.45) is 0 Å². The number of sulfonamides is 1. The topological polar surface area (TPSA) is 96.0 Å². The summed E-state index contributed by atoms with van der Waals surface area (Å²) in [5, 5.41) is 8.74. The van der Waals surface area contributed by atoms with Crippen molar-refractivity contribution in [1.82, 2.24) is 0 Å². The summed E-state index contributed by atoms with van der Waals surface area (Å²) in [5.74, 6) is 0. The molecule has 0 aromatic heterocycles. The number of benzene rings is 2. The Morgan fingerprint density at radius 3 is 2.52 bits per heavy atom. The van der Waals surface area contributed by atoms with E-state index in [2.05, 4.69) is 20.7 Å². The number of nitrogens with one attached hydrogen (secondary N) is 1. The Kier molecular flexibility index (Phi) is 4.42. The van der Waals surface area contributed by atoms with Crippen LogP contribution < -0.4 is 10.5 Å². The molecule has 21 heavy (non-hydrogen) atoms. The zero-order chi connectivity index (χ0) is 15.6. The lowest BCUT2D eigenvalue weighted by Crippen LogP contribution is -2.14. The van der Waals surface area contributed by atoms with Gasteiger partial charge in [0.15, 0.2) is 0 Å². The van der Waals surface area contributed by atoms with Crippen LogP contribution >= 0.6 is 27.5 Å². The van der Waals surface area contributed by atoms with Crippen LogP contribution in [-0.4, -0.2) is 8.42 Å². The molecule has 0 saturated carbocycles. The van der Waals surface area contributed by atoms with Crippen LogP contribution in [-0.2, 0) is 10.0 Å². The van der Waals surface area contributed by atoms with Gasteiger partial charge in [0.2, 0.25) is 0 Å². The zero-order valence-electron chi connectivity index (χ0n) is 10.5. The fraction of sp³-hybridized carbons (Fsp3) is 0. The van der Waals surface area contributed by atoms with E-state index in [0.29, 0.717) is 15.8 Å². The van der Waals surface area contributed by atoms with Gasteiger partial charge in [-0.3, -0.25) is 4.72 Å². The third kappa shape index (κ3) is 3.47. The molecular formula is C13H9BrClN3O2S. The lowest BCUT2D eigenvalue weighted by atomic mass is 10.2. The predicted molar refractivity (Wildman–Crippen MR) is 85.5 cm³/mol. The van der Waals surface area contributed by atoms with Crippen molar-refractivity contribution in [3.8, 4) is 6.07 Å². The minimum Gasteiger partial charge on any atom is -0.399 e. The van der Waals surface area contributed by atoms with Gasteiger partial charge in [-0.15, -0.1) is 0 Å². The maximum atomic E-state index is 12.3. The number of nitriles is 1. The minimum atomic E-state index is -3.87. The molecule has 5 nitrogen and oxygen atoms in total. The number of nitrogens with two attached hydrogens (primary N) is 1. The smallest absolute Gasteiger partial charge is 0.263 e. The molecular weight excluding hydrogens is 378 g/mol. The Balaban J connectivity index is 2.41. The highest BCUT2D eigenvalue weighted by molar-refractivity contribution is 9.10. The number of rotatable bonds is 3. The average Bonchev–Trinajstić information content (AvgIpc) is 2.41. The van der Waals surface area contributed by atoms with Crippen molar-refractivity contribution < 1.29 is 8.42 Å². The number of anilines is 2. The van der Waals surface area contributed by atoms with Crippen LogP contribution in [0.25, 0.3) is 0 Å². The molecule has 2 rings (SSSR count). The third-order valence-corrected chi connectivity index (χ3v) is 5.09. The van der Waals surface area contributed by atoms with Crippen molar-refractivity contribution >= 4 is 48.9 Å². The molecule has 0 fully saturated rings. The van der Waals surface area contributed by atoms with Crippen LogP contribution in [0.15, 0.2) is 45.8 Å². The largest absolute Gasteiger partial charge is 0.399 e. The molecule has 0 saturated heterocycles. The van der Waals surface area contributed by atoms with Gasteiger partial charge in [-0.25, -0.2) is 8.42 Å². The van der Waals surface area contributed by atoms with Gasteiger partial charge in [0.1, 0.15) is 4.90 Å². The summed E-state index contributed by atoms with van der Waals surface area (Å²) in [7, 11) is -3.87. The summed E-state index contributed by atoms with van der Waals surface area (Å²) in [6.45, 7) is 0. The zero-order valence-corrected chi connectivity index (χ0v) is 13.6. The van der Waals surface area contributed by atoms with Gasteiger partial charge in [-0.2, -0.15) is 5.26 Å². The van der Waals surface area contributed by atoms with E-state index in [1.807, 2.05) is 6.07 Å². The first-order chi connectivity index (χ1) is 9.83. The molecule has 0 amide bonds. The standard InChI is InChI=1S/C13H9BrClN3O2S/c14-10-6-9(17)2-3-12(10)18-21(19,20)13-4-1-8(7-16)5-11(13)15/h1-6,18H,17H2. The van der Waals surface area contributed by atoms with Crippen LogP contribution in [0.1, 0.15) is 5.56 Å². The second-order valence-electron chi connectivity index (χ2n) is 4.10. The van der Waals surface area contributed by atoms with Crippen molar-refractivity contribution in [1.29, 1.82) is 5.26 Å². The van der Waals surface area contributed by atoms with E-state index in [4.69, 9.17) is 22.6 Å². The summed E-state index contributed by atoms with van der Waals surface area (Å²) in [5.41, 5.74) is 6.72. The van der Waals surface area contributed by atoms with E-state index in [-0.39, 0.29) is 15.5 Å². The molecule has 0 aliphatic heterocycles. The average molecular weight is 387 g/mol. The number of hydrogen-bond acceptors (Lipinski definition) is 4. The van der Waals surface area contributed by atoms with E-state index in [1.54, 1.807) is 12.1 Å². The monoisotopic (exact) mass is 385 g/mol. The maximum Gasteiger partial charge on any atom is 0.263 e. The molecule has 0 spiro atoms. The van der Waals surface area contributed by atoms with Crippen molar-refractivity contribution in [3.05, 3.63) is 51.5 Å². The van der Waals surface area contributed by atoms with Gasteiger partial charge in [-0.1, -0.05) is 11.6 Å². The molecule has 2 aromatic rings. The summed E-state index contributed by atoms with van der Waals surface area (Å²) < 4.78 is 27.6. The lowest BCUT2D eigenvalue weighted by Gasteiger charge is -2.11. The SMILES string of the molecule is N#Cc1ccc(S(=O)(=O)Nc2ccc(N)cc2Br)c(Cl)c1. The molecule has 0 heterocycles. The van der Waals surface area contributed by atoms with Crippen LogP contribution in [0.4, 0.5) is 11.4 Å². The lowest BCUT2D eigenvalue weighted by molar-refractivity contribution is 0.601. The Hall–Kier alpha value is -1.75. The first-order valence-electron chi connectivity index (χ1n) is 5.61. The van der Waals surface area contributed by atoms with E-state index < -0.39 is 10.0 Å². The number of halogens is 2. The molecule has 8 heteroatoms. The van der Waals surface area contributed by atoms with Gasteiger partial charge >= 0.3 is 0 Å². The van der Waals surface area contributed by atoms with Gasteiger partial charge in [0.25, 0.3) is 10.0 Å². The quantitative estimate of drug-likeness (QED) is 0.791. The molecule has 108 valence electrons. The summed E-state index contributed by atoms with van der Waals surface area (Å²) >= 11 is 9.15. The Morgan fingerprint density at radius 2 is 1.95 bits per heavy atom. The van der Waals surface area contributed by atoms with E-state index in [0.717, 1.165) is 0 Å². The first kappa shape index (κ1) is 15.6. The molecule has 2 aromatic carbocycles. The maximum absolute atomic E-state index is 12.3. The van der Waals surface area contributed by atoms with Gasteiger partial charge in [0.05, 0.1) is 22.3 Å². The Labute approximate surface area is 135 Å². The highest BCUT2D eigenvalue weighted by Crippen LogP contribution is 2.29. The van der Waals surface area contributed by atoms with E-state index in [9.17, 15) is 8.42 Å². The van der Waals surface area contributed by atoms with Crippen molar-refractivity contribution in [3.63, 3.8) is 0 Å². The second kappa shape index (κ2) is 5.93. The first-order valence-corrected chi connectivity index (χ1v) is 8.26. The molecule has 3 N–H and O–H groups in total. The third-order valence-electron chi connectivity index (χ3n) is 2.59. The molecule has 0 atom stereocenters. The molecule has 0 aliphatic rings. The van der Waals surface area contributed by atoms with E-state index >= 15 is 0 Å². The van der Waals surface area contributed by atoms with Crippen LogP contribution in [0, 0.1) is 11.3 Å². The van der Waals surface area contributed by atoms with Gasteiger partial charge < -0.3 is 5.73 Å². The van der Waals surface area contributed by atoms with Gasteiger partial charge in [-0.05, 0) is 52.3 Å². The molecule has 0 unspecified atom stereocenters. The predicted octanol–water partition coefficient (Wildman–Crippen LogP) is 3.36. The van der Waals surface area contributed by atoms with E-state index in [1.165, 1.54) is 24.3 Å².